The van der Waals surface area contributed by atoms with Crippen molar-refractivity contribution in [3.63, 3.8) is 0 Å². The average molecular weight is 460 g/mol. The van der Waals surface area contributed by atoms with Crippen molar-refractivity contribution >= 4 is 28.4 Å². The highest BCUT2D eigenvalue weighted by Crippen LogP contribution is 2.40. The molecular weight excluding hydrogens is 440 g/mol. The highest BCUT2D eigenvalue weighted by molar-refractivity contribution is 6.34. The average Bonchev–Trinajstić information content (AvgIpc) is 2.80. The van der Waals surface area contributed by atoms with Crippen LogP contribution >= 0.6 is 11.6 Å². The highest BCUT2D eigenvalue weighted by Gasteiger charge is 2.27. The van der Waals surface area contributed by atoms with Gasteiger partial charge in [-0.15, -0.1) is 0 Å². The second-order valence-corrected chi connectivity index (χ2v) is 7.91. The lowest BCUT2D eigenvalue weighted by Crippen LogP contribution is -2.42. The molecule has 32 heavy (non-hydrogen) atoms. The van der Waals surface area contributed by atoms with Gasteiger partial charge >= 0.3 is 0 Å². The Morgan fingerprint density at radius 2 is 2.12 bits per heavy atom. The number of aromatic nitrogens is 2. The van der Waals surface area contributed by atoms with E-state index in [9.17, 15) is 14.0 Å². The zero-order chi connectivity index (χ0) is 23.0. The van der Waals surface area contributed by atoms with E-state index < -0.39 is 17.2 Å². The molecule has 0 spiro atoms. The SMILES string of the molecule is C=CC(=O)N1CCCC(n2cnc3c(F)c(-c4c(F)cccc4OC)c(Cl)cc3c2=O)C1. The summed E-state index contributed by atoms with van der Waals surface area (Å²) in [4.78, 5) is 30.9. The molecule has 3 aromatic rings. The molecular formula is C23H20ClF2N3O3. The van der Waals surface area contributed by atoms with Gasteiger partial charge in [-0.3, -0.25) is 14.2 Å². The molecule has 2 heterocycles. The van der Waals surface area contributed by atoms with Crippen LogP contribution in [0.1, 0.15) is 18.9 Å². The number of methoxy groups -OCH3 is 1. The Hall–Kier alpha value is -3.26. The number of ether oxygens (including phenoxy) is 1. The molecule has 1 unspecified atom stereocenters. The highest BCUT2D eigenvalue weighted by atomic mass is 35.5. The lowest BCUT2D eigenvalue weighted by atomic mass is 10.0. The van der Waals surface area contributed by atoms with Crippen LogP contribution < -0.4 is 10.3 Å². The number of amides is 1. The first-order chi connectivity index (χ1) is 15.4. The van der Waals surface area contributed by atoms with Gasteiger partial charge in [0.15, 0.2) is 5.82 Å². The van der Waals surface area contributed by atoms with Crippen LogP contribution in [-0.2, 0) is 4.79 Å². The third-order valence-corrected chi connectivity index (χ3v) is 5.99. The molecule has 9 heteroatoms. The number of halogens is 3. The number of benzene rings is 2. The molecule has 1 aromatic heterocycles. The lowest BCUT2D eigenvalue weighted by Gasteiger charge is -2.33. The molecule has 4 rings (SSSR count). The minimum Gasteiger partial charge on any atom is -0.496 e. The van der Waals surface area contributed by atoms with Crippen LogP contribution in [-0.4, -0.2) is 40.6 Å². The Morgan fingerprint density at radius 1 is 1.34 bits per heavy atom. The third kappa shape index (κ3) is 3.64. The van der Waals surface area contributed by atoms with Crippen molar-refractivity contribution in [1.29, 1.82) is 0 Å². The molecule has 0 aliphatic carbocycles. The summed E-state index contributed by atoms with van der Waals surface area (Å²) in [7, 11) is 1.34. The largest absolute Gasteiger partial charge is 0.496 e. The summed E-state index contributed by atoms with van der Waals surface area (Å²) in [6, 6.07) is 5.07. The standard InChI is InChI=1S/C23H20ClF2N3O3/c1-3-18(30)28-9-5-6-13(11-28)29-12-27-22-14(23(29)31)10-15(24)19(21(22)26)20-16(25)7-4-8-17(20)32-2/h3-4,7-8,10,12-13H,1,5-6,9,11H2,2H3. The maximum absolute atomic E-state index is 15.5. The fourth-order valence-electron chi connectivity index (χ4n) is 4.13. The van der Waals surface area contributed by atoms with Gasteiger partial charge in [0.1, 0.15) is 17.1 Å². The molecule has 1 atom stereocenters. The van der Waals surface area contributed by atoms with Gasteiger partial charge in [0, 0.05) is 18.7 Å². The predicted molar refractivity (Wildman–Crippen MR) is 118 cm³/mol. The van der Waals surface area contributed by atoms with Crippen LogP contribution in [0.4, 0.5) is 8.78 Å². The zero-order valence-electron chi connectivity index (χ0n) is 17.3. The van der Waals surface area contributed by atoms with E-state index in [0.717, 1.165) is 0 Å². The number of rotatable bonds is 4. The number of hydrogen-bond acceptors (Lipinski definition) is 4. The van der Waals surface area contributed by atoms with Gasteiger partial charge in [-0.2, -0.15) is 0 Å². The van der Waals surface area contributed by atoms with Gasteiger partial charge in [0.2, 0.25) is 5.91 Å². The van der Waals surface area contributed by atoms with E-state index in [1.54, 1.807) is 4.90 Å². The van der Waals surface area contributed by atoms with Crippen molar-refractivity contribution in [2.24, 2.45) is 0 Å². The van der Waals surface area contributed by atoms with Crippen LogP contribution in [0, 0.1) is 11.6 Å². The van der Waals surface area contributed by atoms with Gasteiger partial charge in [0.05, 0.1) is 35.5 Å². The number of carbonyl (C=O) groups excluding carboxylic acids is 1. The number of fused-ring (bicyclic) bond motifs is 1. The van der Waals surface area contributed by atoms with Crippen molar-refractivity contribution in [3.05, 3.63) is 70.3 Å². The van der Waals surface area contributed by atoms with E-state index in [-0.39, 0.29) is 44.8 Å². The first kappa shape index (κ1) is 22.0. The van der Waals surface area contributed by atoms with Crippen LogP contribution in [0.3, 0.4) is 0 Å². The molecule has 0 N–H and O–H groups in total. The fourth-order valence-corrected chi connectivity index (χ4v) is 4.41. The Bertz CT molecular complexity index is 1290. The van der Waals surface area contributed by atoms with Gasteiger partial charge in [-0.05, 0) is 37.1 Å². The minimum atomic E-state index is -0.910. The molecule has 6 nitrogen and oxygen atoms in total. The van der Waals surface area contributed by atoms with Crippen molar-refractivity contribution in [2.45, 2.75) is 18.9 Å². The topological polar surface area (TPSA) is 64.4 Å². The van der Waals surface area contributed by atoms with E-state index in [1.165, 1.54) is 48.3 Å². The van der Waals surface area contributed by atoms with Crippen molar-refractivity contribution in [3.8, 4) is 16.9 Å². The Kier molecular flexibility index (Phi) is 5.97. The molecule has 2 aromatic carbocycles. The molecule has 1 fully saturated rings. The number of nitrogens with zero attached hydrogens (tertiary/aromatic N) is 3. The van der Waals surface area contributed by atoms with Gasteiger partial charge < -0.3 is 9.64 Å². The second-order valence-electron chi connectivity index (χ2n) is 7.50. The first-order valence-corrected chi connectivity index (χ1v) is 10.4. The summed E-state index contributed by atoms with van der Waals surface area (Å²) >= 11 is 6.34. The van der Waals surface area contributed by atoms with E-state index in [1.807, 2.05) is 0 Å². The maximum atomic E-state index is 15.5. The van der Waals surface area contributed by atoms with Gasteiger partial charge in [-0.25, -0.2) is 13.8 Å². The Balaban J connectivity index is 1.85. The van der Waals surface area contributed by atoms with E-state index in [2.05, 4.69) is 11.6 Å². The molecule has 1 aliphatic rings. The fraction of sp³-hybridized carbons (Fsp3) is 0.261. The molecule has 1 aliphatic heterocycles. The summed E-state index contributed by atoms with van der Waals surface area (Å²) in [6.07, 6.45) is 3.86. The molecule has 1 amide bonds. The minimum absolute atomic E-state index is 0.0266. The van der Waals surface area contributed by atoms with E-state index >= 15 is 4.39 Å². The second kappa shape index (κ2) is 8.70. The first-order valence-electron chi connectivity index (χ1n) is 10.0. The number of likely N-dealkylation sites (tertiary alicyclic amines) is 1. The maximum Gasteiger partial charge on any atom is 0.261 e. The summed E-state index contributed by atoms with van der Waals surface area (Å²) in [6.45, 7) is 4.39. The van der Waals surface area contributed by atoms with E-state index in [4.69, 9.17) is 16.3 Å². The number of hydrogen-bond donors (Lipinski definition) is 0. The van der Waals surface area contributed by atoms with Crippen LogP contribution in [0.5, 0.6) is 5.75 Å². The summed E-state index contributed by atoms with van der Waals surface area (Å²) in [5.41, 5.74) is -1.07. The predicted octanol–water partition coefficient (Wildman–Crippen LogP) is 4.35. The van der Waals surface area contributed by atoms with Crippen LogP contribution in [0.2, 0.25) is 5.02 Å². The smallest absolute Gasteiger partial charge is 0.261 e. The van der Waals surface area contributed by atoms with Gasteiger partial charge in [0.25, 0.3) is 5.56 Å². The lowest BCUT2D eigenvalue weighted by molar-refractivity contribution is -0.127. The van der Waals surface area contributed by atoms with Crippen LogP contribution in [0.25, 0.3) is 22.0 Å². The van der Waals surface area contributed by atoms with Crippen LogP contribution in [0.15, 0.2) is 48.0 Å². The quantitative estimate of drug-likeness (QED) is 0.544. The van der Waals surface area contributed by atoms with Crippen molar-refractivity contribution < 1.29 is 18.3 Å². The molecule has 0 radical (unpaired) electrons. The summed E-state index contributed by atoms with van der Waals surface area (Å²) in [5, 5.41) is -0.164. The van der Waals surface area contributed by atoms with E-state index in [0.29, 0.717) is 25.9 Å². The summed E-state index contributed by atoms with van der Waals surface area (Å²) < 4.78 is 36.6. The summed E-state index contributed by atoms with van der Waals surface area (Å²) in [5.74, 6) is -1.74. The van der Waals surface area contributed by atoms with Gasteiger partial charge in [-0.1, -0.05) is 24.2 Å². The molecule has 0 bridgehead atoms. The Morgan fingerprint density at radius 3 is 2.84 bits per heavy atom. The number of carbonyl (C=O) groups is 1. The third-order valence-electron chi connectivity index (χ3n) is 5.69. The van der Waals surface area contributed by atoms with Crippen molar-refractivity contribution in [1.82, 2.24) is 14.5 Å². The molecule has 1 saturated heterocycles. The zero-order valence-corrected chi connectivity index (χ0v) is 18.0. The molecule has 166 valence electrons. The van der Waals surface area contributed by atoms with Crippen molar-refractivity contribution in [2.75, 3.05) is 20.2 Å². The number of piperidine rings is 1. The normalized spacial score (nSPS) is 16.2. The monoisotopic (exact) mass is 459 g/mol. The Labute approximate surface area is 187 Å². The molecule has 0 saturated carbocycles.